The number of hydrazone groups is 1. The normalized spacial score (nSPS) is 11.1. The minimum absolute atomic E-state index is 0.295. The van der Waals surface area contributed by atoms with Crippen molar-refractivity contribution in [3.05, 3.63) is 83.4 Å². The highest BCUT2D eigenvalue weighted by atomic mass is 16.5. The molecule has 4 aromatic rings. The van der Waals surface area contributed by atoms with Crippen LogP contribution in [0.3, 0.4) is 0 Å². The number of nitrogens with one attached hydrogen (secondary N) is 1. The Labute approximate surface area is 197 Å². The average Bonchev–Trinajstić information content (AvgIpc) is 3.21. The topological polar surface area (TPSA) is 98.0 Å². The van der Waals surface area contributed by atoms with Crippen LogP contribution in [0.4, 0.5) is 0 Å². The first-order chi connectivity index (χ1) is 16.7. The van der Waals surface area contributed by atoms with Crippen LogP contribution < -0.4 is 10.3 Å². The van der Waals surface area contributed by atoms with E-state index in [4.69, 9.17) is 14.7 Å². The van der Waals surface area contributed by atoms with Crippen molar-refractivity contribution in [3.8, 4) is 17.1 Å². The molecule has 1 aromatic heterocycles. The van der Waals surface area contributed by atoms with E-state index in [1.807, 2.05) is 66.1 Å². The van der Waals surface area contributed by atoms with Crippen molar-refractivity contribution >= 4 is 23.2 Å². The van der Waals surface area contributed by atoms with Crippen molar-refractivity contribution in [2.45, 2.75) is 20.4 Å². The first-order valence-corrected chi connectivity index (χ1v) is 11.1. The summed E-state index contributed by atoms with van der Waals surface area (Å²) in [6.07, 6.45) is 1.56. The second kappa shape index (κ2) is 10.6. The van der Waals surface area contributed by atoms with Crippen molar-refractivity contribution in [1.29, 1.82) is 0 Å². The molecule has 4 rings (SSSR count). The molecule has 0 amide bonds. The highest BCUT2D eigenvalue weighted by Crippen LogP contribution is 2.28. The lowest BCUT2D eigenvalue weighted by molar-refractivity contribution is 0.0528. The number of benzene rings is 3. The Morgan fingerprint density at radius 1 is 1.06 bits per heavy atom. The fraction of sp³-hybridized carbons (Fsp3) is 0.192. The summed E-state index contributed by atoms with van der Waals surface area (Å²) in [4.78, 5) is 17.2. The van der Waals surface area contributed by atoms with Gasteiger partial charge in [0.05, 0.1) is 42.6 Å². The minimum Gasteiger partial charge on any atom is -0.465 e. The van der Waals surface area contributed by atoms with Gasteiger partial charge in [0.15, 0.2) is 0 Å². The Bertz CT molecular complexity index is 1310. The zero-order chi connectivity index (χ0) is 23.9. The van der Waals surface area contributed by atoms with Crippen LogP contribution in [0.2, 0.25) is 0 Å². The van der Waals surface area contributed by atoms with Gasteiger partial charge in [-0.1, -0.05) is 54.6 Å². The van der Waals surface area contributed by atoms with Crippen molar-refractivity contribution in [1.82, 2.24) is 15.1 Å². The monoisotopic (exact) mass is 458 g/mol. The van der Waals surface area contributed by atoms with E-state index in [2.05, 4.69) is 10.1 Å². The van der Waals surface area contributed by atoms with Gasteiger partial charge in [-0.25, -0.2) is 4.79 Å². The second-order valence-corrected chi connectivity index (χ2v) is 7.45. The molecule has 0 saturated heterocycles. The van der Waals surface area contributed by atoms with E-state index < -0.39 is 0 Å². The van der Waals surface area contributed by atoms with Crippen molar-refractivity contribution < 1.29 is 19.5 Å². The Balaban J connectivity index is 1.71. The number of carbonyl (C=O) groups excluding carboxylic acids is 1. The second-order valence-electron chi connectivity index (χ2n) is 7.45. The Morgan fingerprint density at radius 3 is 2.59 bits per heavy atom. The molecule has 34 heavy (non-hydrogen) atoms. The van der Waals surface area contributed by atoms with E-state index >= 15 is 0 Å². The summed E-state index contributed by atoms with van der Waals surface area (Å²) < 4.78 is 13.0. The van der Waals surface area contributed by atoms with Gasteiger partial charge >= 0.3 is 5.97 Å². The number of imidazole rings is 1. The molecule has 8 nitrogen and oxygen atoms in total. The lowest BCUT2D eigenvalue weighted by Gasteiger charge is -2.12. The molecule has 1 heterocycles. The summed E-state index contributed by atoms with van der Waals surface area (Å²) in [6.45, 7) is 4.91. The third kappa shape index (κ3) is 4.77. The molecule has 0 atom stereocenters. The first kappa shape index (κ1) is 23.0. The number of hydrogen-bond donors (Lipinski definition) is 2. The van der Waals surface area contributed by atoms with Crippen LogP contribution in [0.15, 0.2) is 71.8 Å². The largest absolute Gasteiger partial charge is 0.465 e. The van der Waals surface area contributed by atoms with Crippen LogP contribution in [0.5, 0.6) is 6.01 Å². The molecular formula is C26H26N4O4. The quantitative estimate of drug-likeness (QED) is 0.215. The van der Waals surface area contributed by atoms with Crippen molar-refractivity contribution in [2.24, 2.45) is 5.10 Å². The molecule has 2 N–H and O–H groups in total. The fourth-order valence-corrected chi connectivity index (χ4v) is 3.87. The maximum absolute atomic E-state index is 12.6. The van der Waals surface area contributed by atoms with E-state index in [0.29, 0.717) is 42.4 Å². The van der Waals surface area contributed by atoms with E-state index in [0.717, 1.165) is 22.3 Å². The van der Waals surface area contributed by atoms with Gasteiger partial charge in [-0.05, 0) is 42.7 Å². The summed E-state index contributed by atoms with van der Waals surface area (Å²) in [5.74, 6) is -0.386. The van der Waals surface area contributed by atoms with Crippen LogP contribution in [0.25, 0.3) is 22.2 Å². The Hall–Kier alpha value is -4.17. The van der Waals surface area contributed by atoms with Gasteiger partial charge in [-0.2, -0.15) is 15.7 Å². The average molecular weight is 459 g/mol. The van der Waals surface area contributed by atoms with Gasteiger partial charge in [-0.3, -0.25) is 9.77 Å². The molecule has 0 radical (unpaired) electrons. The van der Waals surface area contributed by atoms with Crippen LogP contribution in [-0.4, -0.2) is 40.2 Å². The fourth-order valence-electron chi connectivity index (χ4n) is 3.87. The maximum Gasteiger partial charge on any atom is 0.340 e. The number of hydrogen-bond acceptors (Lipinski definition) is 7. The van der Waals surface area contributed by atoms with Gasteiger partial charge in [0.1, 0.15) is 0 Å². The smallest absolute Gasteiger partial charge is 0.340 e. The van der Waals surface area contributed by atoms with Crippen LogP contribution in [0, 0.1) is 0 Å². The maximum atomic E-state index is 12.6. The van der Waals surface area contributed by atoms with Crippen LogP contribution in [-0.2, 0) is 11.3 Å². The van der Waals surface area contributed by atoms with Gasteiger partial charge in [-0.15, -0.1) is 0 Å². The molecule has 0 saturated carbocycles. The molecule has 0 fully saturated rings. The molecule has 174 valence electrons. The van der Waals surface area contributed by atoms with Crippen molar-refractivity contribution in [2.75, 3.05) is 13.2 Å². The molecule has 3 aromatic carbocycles. The van der Waals surface area contributed by atoms with E-state index in [1.165, 1.54) is 0 Å². The molecule has 0 aliphatic rings. The van der Waals surface area contributed by atoms with Crippen molar-refractivity contribution in [3.63, 3.8) is 0 Å². The number of para-hydroxylation sites is 1. The number of ether oxygens (including phenoxy) is 2. The summed E-state index contributed by atoms with van der Waals surface area (Å²) in [6, 6.07) is 21.8. The zero-order valence-corrected chi connectivity index (χ0v) is 19.1. The molecule has 0 aliphatic heterocycles. The number of rotatable bonds is 9. The number of nitrogens with zero attached hydrogens (tertiary/aromatic N) is 3. The number of esters is 1. The predicted molar refractivity (Wildman–Crippen MR) is 130 cm³/mol. The molecule has 0 spiro atoms. The molecule has 0 bridgehead atoms. The van der Waals surface area contributed by atoms with Gasteiger partial charge in [0.25, 0.3) is 6.01 Å². The number of aromatic nitrogens is 2. The third-order valence-corrected chi connectivity index (χ3v) is 5.33. The molecule has 8 heteroatoms. The summed E-state index contributed by atoms with van der Waals surface area (Å²) in [5.41, 5.74) is 7.50. The highest BCUT2D eigenvalue weighted by Gasteiger charge is 2.20. The summed E-state index contributed by atoms with van der Waals surface area (Å²) >= 11 is 0. The van der Waals surface area contributed by atoms with Gasteiger partial charge < -0.3 is 9.47 Å². The first-order valence-electron chi connectivity index (χ1n) is 11.1. The van der Waals surface area contributed by atoms with Crippen LogP contribution >= 0.6 is 0 Å². The molecular weight excluding hydrogens is 432 g/mol. The SMILES string of the molecule is CCOC(=O)c1cccc2nc(OCC)n(Cc3ccc(-c4ccccc4/C=N/NO)cc3)c12. The van der Waals surface area contributed by atoms with Gasteiger partial charge in [0, 0.05) is 5.56 Å². The third-order valence-electron chi connectivity index (χ3n) is 5.33. The van der Waals surface area contributed by atoms with E-state index in [1.54, 1.807) is 30.9 Å². The van der Waals surface area contributed by atoms with Gasteiger partial charge in [0.2, 0.25) is 0 Å². The highest BCUT2D eigenvalue weighted by molar-refractivity contribution is 6.02. The summed E-state index contributed by atoms with van der Waals surface area (Å²) in [5, 5.41) is 12.5. The number of fused-ring (bicyclic) bond motifs is 1. The van der Waals surface area contributed by atoms with E-state index in [-0.39, 0.29) is 5.97 Å². The zero-order valence-electron chi connectivity index (χ0n) is 19.1. The Kier molecular flexibility index (Phi) is 7.19. The lowest BCUT2D eigenvalue weighted by atomic mass is 9.99. The Morgan fingerprint density at radius 2 is 1.85 bits per heavy atom. The molecule has 0 aliphatic carbocycles. The predicted octanol–water partition coefficient (Wildman–Crippen LogP) is 4.64. The van der Waals surface area contributed by atoms with E-state index in [9.17, 15) is 4.79 Å². The number of carbonyl (C=O) groups is 1. The summed E-state index contributed by atoms with van der Waals surface area (Å²) in [7, 11) is 0. The lowest BCUT2D eigenvalue weighted by Crippen LogP contribution is -2.10. The van der Waals surface area contributed by atoms with Crippen LogP contribution in [0.1, 0.15) is 35.3 Å². The minimum atomic E-state index is -0.386. The molecule has 0 unspecified atom stereocenters. The standard InChI is InChI=1S/C26H26N4O4/c1-3-33-25(31)22-10-7-11-23-24(22)30(26(28-23)34-4-2)17-18-12-14-19(15-13-18)21-9-6-5-8-20(21)16-27-29-32/h5-16,29,32H,3-4,17H2,1-2H3/b27-16+.